The van der Waals surface area contributed by atoms with Gasteiger partial charge in [0.25, 0.3) is 0 Å². The molecule has 3 fully saturated rings. The van der Waals surface area contributed by atoms with Gasteiger partial charge in [0.1, 0.15) is 12.2 Å². The molecule has 0 spiro atoms. The van der Waals surface area contributed by atoms with Gasteiger partial charge in [0.05, 0.1) is 12.7 Å². The van der Waals surface area contributed by atoms with E-state index in [0.29, 0.717) is 6.61 Å². The molecular weight excluding hydrogens is 224 g/mol. The van der Waals surface area contributed by atoms with E-state index < -0.39 is 11.6 Å². The van der Waals surface area contributed by atoms with Crippen LogP contribution in [0.15, 0.2) is 0 Å². The Balaban J connectivity index is 1.60. The predicted molar refractivity (Wildman–Crippen MR) is 58.2 cm³/mol. The van der Waals surface area contributed by atoms with E-state index in [1.807, 2.05) is 27.7 Å². The monoisotopic (exact) mass is 244 g/mol. The van der Waals surface area contributed by atoms with E-state index >= 15 is 0 Å². The molecule has 5 heteroatoms. The van der Waals surface area contributed by atoms with Gasteiger partial charge in [0, 0.05) is 6.42 Å². The normalized spacial score (nSPS) is 47.3. The van der Waals surface area contributed by atoms with Gasteiger partial charge in [-0.25, -0.2) is 0 Å². The number of hydrogen-bond acceptors (Lipinski definition) is 5. The summed E-state index contributed by atoms with van der Waals surface area (Å²) in [6.07, 6.45) is 0.538. The fourth-order valence-corrected chi connectivity index (χ4v) is 2.67. The molecule has 17 heavy (non-hydrogen) atoms. The van der Waals surface area contributed by atoms with E-state index in [1.165, 1.54) is 0 Å². The minimum Gasteiger partial charge on any atom is -0.348 e. The van der Waals surface area contributed by atoms with Crippen LogP contribution in [0.5, 0.6) is 0 Å². The van der Waals surface area contributed by atoms with Crippen molar-refractivity contribution >= 4 is 0 Å². The molecule has 3 saturated heterocycles. The van der Waals surface area contributed by atoms with Crippen molar-refractivity contribution in [1.82, 2.24) is 0 Å². The Morgan fingerprint density at radius 1 is 0.824 bits per heavy atom. The van der Waals surface area contributed by atoms with E-state index in [9.17, 15) is 0 Å². The van der Waals surface area contributed by atoms with Crippen LogP contribution in [0.25, 0.3) is 0 Å². The maximum absolute atomic E-state index is 5.85. The van der Waals surface area contributed by atoms with Crippen LogP contribution in [0, 0.1) is 0 Å². The van der Waals surface area contributed by atoms with Crippen LogP contribution < -0.4 is 0 Å². The number of ether oxygens (including phenoxy) is 5. The highest BCUT2D eigenvalue weighted by Gasteiger charge is 2.52. The highest BCUT2D eigenvalue weighted by atomic mass is 16.8. The summed E-state index contributed by atoms with van der Waals surface area (Å²) in [5.41, 5.74) is 0. The second-order valence-corrected chi connectivity index (χ2v) is 5.82. The van der Waals surface area contributed by atoms with Crippen molar-refractivity contribution in [3.63, 3.8) is 0 Å². The van der Waals surface area contributed by atoms with Crippen molar-refractivity contribution in [2.24, 2.45) is 0 Å². The van der Waals surface area contributed by atoms with Crippen LogP contribution in [0.1, 0.15) is 34.1 Å². The smallest absolute Gasteiger partial charge is 0.187 e. The molecule has 4 atom stereocenters. The van der Waals surface area contributed by atoms with Gasteiger partial charge in [-0.1, -0.05) is 0 Å². The molecule has 0 amide bonds. The molecule has 5 nitrogen and oxygen atoms in total. The summed E-state index contributed by atoms with van der Waals surface area (Å²) in [7, 11) is 0. The maximum Gasteiger partial charge on any atom is 0.187 e. The van der Waals surface area contributed by atoms with Gasteiger partial charge < -0.3 is 23.7 Å². The number of hydrogen-bond donors (Lipinski definition) is 0. The van der Waals surface area contributed by atoms with Crippen molar-refractivity contribution in [2.45, 2.75) is 70.3 Å². The zero-order valence-corrected chi connectivity index (χ0v) is 10.8. The van der Waals surface area contributed by atoms with Gasteiger partial charge in [-0.2, -0.15) is 0 Å². The topological polar surface area (TPSA) is 46.2 Å². The summed E-state index contributed by atoms with van der Waals surface area (Å²) >= 11 is 0. The summed E-state index contributed by atoms with van der Waals surface area (Å²) in [6.45, 7) is 8.21. The second-order valence-electron chi connectivity index (χ2n) is 5.82. The lowest BCUT2D eigenvalue weighted by Gasteiger charge is -2.23. The Bertz CT molecular complexity index is 298. The second kappa shape index (κ2) is 3.65. The Kier molecular flexibility index (Phi) is 2.55. The quantitative estimate of drug-likeness (QED) is 0.697. The van der Waals surface area contributed by atoms with Gasteiger partial charge in [0.15, 0.2) is 17.9 Å². The van der Waals surface area contributed by atoms with Crippen LogP contribution in [0.4, 0.5) is 0 Å². The van der Waals surface area contributed by atoms with Crippen molar-refractivity contribution in [1.29, 1.82) is 0 Å². The molecule has 0 saturated carbocycles. The first-order valence-corrected chi connectivity index (χ1v) is 6.18. The number of rotatable bonds is 1. The lowest BCUT2D eigenvalue weighted by Crippen LogP contribution is -2.33. The molecule has 0 aromatic heterocycles. The van der Waals surface area contributed by atoms with E-state index in [4.69, 9.17) is 23.7 Å². The largest absolute Gasteiger partial charge is 0.348 e. The Labute approximate surface area is 101 Å². The minimum atomic E-state index is -0.535. The first-order valence-electron chi connectivity index (χ1n) is 6.18. The van der Waals surface area contributed by atoms with Crippen molar-refractivity contribution in [3.05, 3.63) is 0 Å². The highest BCUT2D eigenvalue weighted by Crippen LogP contribution is 2.40. The summed E-state index contributed by atoms with van der Waals surface area (Å²) in [5, 5.41) is 0. The van der Waals surface area contributed by atoms with Crippen LogP contribution in [0.3, 0.4) is 0 Å². The van der Waals surface area contributed by atoms with Crippen LogP contribution >= 0.6 is 0 Å². The zero-order valence-electron chi connectivity index (χ0n) is 10.8. The molecule has 0 bridgehead atoms. The van der Waals surface area contributed by atoms with E-state index in [0.717, 1.165) is 6.42 Å². The molecule has 3 heterocycles. The third-order valence-electron chi connectivity index (χ3n) is 3.36. The summed E-state index contributed by atoms with van der Waals surface area (Å²) in [5.74, 6) is -1.04. The first-order chi connectivity index (χ1) is 7.85. The molecule has 0 N–H and O–H groups in total. The third kappa shape index (κ3) is 2.22. The molecule has 0 aromatic rings. The highest BCUT2D eigenvalue weighted by molar-refractivity contribution is 4.90. The standard InChI is InChI=1S/C12H20O5/c1-11(2)13-6-9(16-11)7-5-8-10(14-7)17-12(3,4)15-8/h7-10H,5-6H2,1-4H3/t7-,8+,9?,10+/m1/s1. The molecule has 98 valence electrons. The van der Waals surface area contributed by atoms with Crippen molar-refractivity contribution in [2.75, 3.05) is 6.61 Å². The summed E-state index contributed by atoms with van der Waals surface area (Å²) in [4.78, 5) is 0. The number of fused-ring (bicyclic) bond motifs is 1. The molecule has 1 unspecified atom stereocenters. The predicted octanol–water partition coefficient (Wildman–Crippen LogP) is 1.40. The van der Waals surface area contributed by atoms with Gasteiger partial charge in [-0.05, 0) is 27.7 Å². The van der Waals surface area contributed by atoms with Gasteiger partial charge in [-0.3, -0.25) is 0 Å². The fraction of sp³-hybridized carbons (Fsp3) is 1.00. The van der Waals surface area contributed by atoms with Crippen molar-refractivity contribution in [3.8, 4) is 0 Å². The van der Waals surface area contributed by atoms with Gasteiger partial charge >= 0.3 is 0 Å². The fourth-order valence-electron chi connectivity index (χ4n) is 2.67. The summed E-state index contributed by atoms with van der Waals surface area (Å²) in [6, 6.07) is 0. The molecule has 0 aromatic carbocycles. The first kappa shape index (κ1) is 11.9. The van der Waals surface area contributed by atoms with Crippen LogP contribution in [0.2, 0.25) is 0 Å². The molecule has 3 aliphatic heterocycles. The van der Waals surface area contributed by atoms with E-state index in [1.54, 1.807) is 0 Å². The average molecular weight is 244 g/mol. The molecule has 0 radical (unpaired) electrons. The lowest BCUT2D eigenvalue weighted by atomic mass is 10.1. The van der Waals surface area contributed by atoms with Crippen LogP contribution in [-0.2, 0) is 23.7 Å². The van der Waals surface area contributed by atoms with Crippen molar-refractivity contribution < 1.29 is 23.7 Å². The minimum absolute atomic E-state index is 0.00266. The van der Waals surface area contributed by atoms with Gasteiger partial charge in [0.2, 0.25) is 0 Å². The molecule has 3 rings (SSSR count). The lowest BCUT2D eigenvalue weighted by molar-refractivity contribution is -0.220. The Morgan fingerprint density at radius 2 is 1.53 bits per heavy atom. The Hall–Kier alpha value is -0.200. The Morgan fingerprint density at radius 3 is 2.12 bits per heavy atom. The third-order valence-corrected chi connectivity index (χ3v) is 3.36. The molecular formula is C12H20O5. The SMILES string of the molecule is CC1(C)OCC([C@H]2C[C@@H]3OC(C)(C)O[C@@H]3O2)O1. The average Bonchev–Trinajstić information content (AvgIpc) is 2.75. The summed E-state index contributed by atoms with van der Waals surface area (Å²) < 4.78 is 28.6. The van der Waals surface area contributed by atoms with Gasteiger partial charge in [-0.15, -0.1) is 0 Å². The van der Waals surface area contributed by atoms with E-state index in [-0.39, 0.29) is 24.6 Å². The van der Waals surface area contributed by atoms with Crippen LogP contribution in [-0.4, -0.2) is 42.8 Å². The zero-order chi connectivity index (χ0) is 12.3. The molecule has 3 aliphatic rings. The maximum atomic E-state index is 5.85. The van der Waals surface area contributed by atoms with E-state index in [2.05, 4.69) is 0 Å². The molecule has 0 aliphatic carbocycles.